The van der Waals surface area contributed by atoms with Crippen molar-refractivity contribution in [3.8, 4) is 0 Å². The van der Waals surface area contributed by atoms with Gasteiger partial charge >= 0.3 is 0 Å². The Morgan fingerprint density at radius 3 is 2.31 bits per heavy atom. The molecule has 1 aromatic heterocycles. The maximum atomic E-state index is 6.02. The normalized spacial score (nSPS) is 10.1. The summed E-state index contributed by atoms with van der Waals surface area (Å²) in [6, 6.07) is 5.38. The predicted octanol–water partition coefficient (Wildman–Crippen LogP) is 3.40. The van der Waals surface area contributed by atoms with Crippen molar-refractivity contribution in [1.29, 1.82) is 0 Å². The molecule has 0 radical (unpaired) electrons. The molecule has 0 spiro atoms. The van der Waals surface area contributed by atoms with E-state index in [1.807, 2.05) is 6.07 Å². The minimum atomic E-state index is 0.588. The van der Waals surface area contributed by atoms with Crippen molar-refractivity contribution in [2.45, 2.75) is 6.54 Å². The van der Waals surface area contributed by atoms with Crippen LogP contribution in [-0.4, -0.2) is 9.97 Å². The molecule has 0 saturated carbocycles. The van der Waals surface area contributed by atoms with Crippen molar-refractivity contribution in [1.82, 2.24) is 9.97 Å². The molecule has 0 atom stereocenters. The minimum Gasteiger partial charge on any atom is -0.378 e. The van der Waals surface area contributed by atoms with Crippen LogP contribution in [0.5, 0.6) is 0 Å². The van der Waals surface area contributed by atoms with Gasteiger partial charge in [-0.15, -0.1) is 0 Å². The second kappa shape index (κ2) is 5.14. The second-order valence-corrected chi connectivity index (χ2v) is 4.01. The van der Waals surface area contributed by atoms with E-state index in [9.17, 15) is 0 Å². The summed E-state index contributed by atoms with van der Waals surface area (Å²) in [4.78, 5) is 7.85. The highest BCUT2D eigenvalue weighted by Crippen LogP contribution is 2.29. The highest BCUT2D eigenvalue weighted by molar-refractivity contribution is 6.39. The van der Waals surface area contributed by atoms with Gasteiger partial charge in [-0.05, 0) is 12.1 Å². The van der Waals surface area contributed by atoms with E-state index in [0.29, 0.717) is 16.6 Å². The van der Waals surface area contributed by atoms with Gasteiger partial charge in [-0.2, -0.15) is 0 Å². The first-order chi connectivity index (χ1) is 7.77. The first kappa shape index (κ1) is 11.2. The Balaban J connectivity index is 2.11. The lowest BCUT2D eigenvalue weighted by molar-refractivity contribution is 1.05. The maximum Gasteiger partial charge on any atom is 0.115 e. The summed E-state index contributed by atoms with van der Waals surface area (Å²) in [7, 11) is 0. The number of benzene rings is 1. The van der Waals surface area contributed by atoms with Gasteiger partial charge in [-0.25, -0.2) is 9.97 Å². The number of hydrogen-bond acceptors (Lipinski definition) is 3. The second-order valence-electron chi connectivity index (χ2n) is 3.20. The van der Waals surface area contributed by atoms with Crippen LogP contribution in [0.4, 0.5) is 5.69 Å². The number of nitrogens with one attached hydrogen (secondary N) is 1. The number of aromatic nitrogens is 2. The smallest absolute Gasteiger partial charge is 0.115 e. The van der Waals surface area contributed by atoms with Crippen molar-refractivity contribution < 1.29 is 0 Å². The zero-order valence-electron chi connectivity index (χ0n) is 8.32. The Morgan fingerprint density at radius 2 is 1.69 bits per heavy atom. The lowest BCUT2D eigenvalue weighted by Crippen LogP contribution is -2.01. The van der Waals surface area contributed by atoms with E-state index in [4.69, 9.17) is 23.2 Å². The fourth-order valence-corrected chi connectivity index (χ4v) is 1.81. The Morgan fingerprint density at radius 1 is 1.06 bits per heavy atom. The monoisotopic (exact) mass is 253 g/mol. The summed E-state index contributed by atoms with van der Waals surface area (Å²) in [6.07, 6.45) is 4.97. The van der Waals surface area contributed by atoms with E-state index >= 15 is 0 Å². The summed E-state index contributed by atoms with van der Waals surface area (Å²) in [5.41, 5.74) is 1.70. The molecule has 0 unspecified atom stereocenters. The van der Waals surface area contributed by atoms with Crippen LogP contribution < -0.4 is 5.32 Å². The van der Waals surface area contributed by atoms with Crippen LogP contribution in [0.15, 0.2) is 36.9 Å². The largest absolute Gasteiger partial charge is 0.378 e. The first-order valence-corrected chi connectivity index (χ1v) is 5.45. The van der Waals surface area contributed by atoms with E-state index in [1.165, 1.54) is 6.33 Å². The molecule has 5 heteroatoms. The summed E-state index contributed by atoms with van der Waals surface area (Å²) < 4.78 is 0. The predicted molar refractivity (Wildman–Crippen MR) is 65.8 cm³/mol. The summed E-state index contributed by atoms with van der Waals surface area (Å²) in [5.74, 6) is 0. The van der Waals surface area contributed by atoms with Crippen LogP contribution in [0.3, 0.4) is 0 Å². The number of nitrogens with zero attached hydrogens (tertiary/aromatic N) is 2. The molecule has 1 aromatic carbocycles. The van der Waals surface area contributed by atoms with Crippen molar-refractivity contribution in [2.75, 3.05) is 5.32 Å². The van der Waals surface area contributed by atoms with Gasteiger partial charge in [0, 0.05) is 24.5 Å². The highest BCUT2D eigenvalue weighted by Gasteiger charge is 2.04. The Bertz CT molecular complexity index is 454. The van der Waals surface area contributed by atoms with Crippen LogP contribution in [0, 0.1) is 0 Å². The third kappa shape index (κ3) is 2.62. The number of rotatable bonds is 3. The topological polar surface area (TPSA) is 37.8 Å². The van der Waals surface area contributed by atoms with Crippen molar-refractivity contribution in [3.63, 3.8) is 0 Å². The van der Waals surface area contributed by atoms with Gasteiger partial charge in [0.05, 0.1) is 15.7 Å². The fourth-order valence-electron chi connectivity index (χ4n) is 1.28. The fraction of sp³-hybridized carbons (Fsp3) is 0.0909. The van der Waals surface area contributed by atoms with Gasteiger partial charge < -0.3 is 5.32 Å². The minimum absolute atomic E-state index is 0.588. The SMILES string of the molecule is Clc1cccc(Cl)c1NCc1cncnc1. The third-order valence-corrected chi connectivity index (χ3v) is 2.68. The summed E-state index contributed by atoms with van der Waals surface area (Å²) >= 11 is 12.0. The van der Waals surface area contributed by atoms with E-state index in [1.54, 1.807) is 24.5 Å². The van der Waals surface area contributed by atoms with Gasteiger partial charge in [-0.3, -0.25) is 0 Å². The molecule has 0 saturated heterocycles. The van der Waals surface area contributed by atoms with Gasteiger partial charge in [0.15, 0.2) is 0 Å². The number of halogens is 2. The van der Waals surface area contributed by atoms with Crippen LogP contribution in [0.25, 0.3) is 0 Å². The van der Waals surface area contributed by atoms with Crippen LogP contribution in [0.1, 0.15) is 5.56 Å². The lowest BCUT2D eigenvalue weighted by atomic mass is 10.3. The van der Waals surface area contributed by atoms with Crippen molar-refractivity contribution >= 4 is 28.9 Å². The molecule has 3 nitrogen and oxygen atoms in total. The molecular formula is C11H9Cl2N3. The zero-order valence-corrected chi connectivity index (χ0v) is 9.83. The van der Waals surface area contributed by atoms with Gasteiger partial charge in [0.25, 0.3) is 0 Å². The van der Waals surface area contributed by atoms with Gasteiger partial charge in [0.2, 0.25) is 0 Å². The van der Waals surface area contributed by atoms with Crippen LogP contribution in [-0.2, 0) is 6.54 Å². The lowest BCUT2D eigenvalue weighted by Gasteiger charge is -2.09. The number of anilines is 1. The van der Waals surface area contributed by atoms with Gasteiger partial charge in [0.1, 0.15) is 6.33 Å². The molecule has 2 rings (SSSR count). The molecule has 0 fully saturated rings. The Labute approximate surface area is 103 Å². The molecule has 1 N–H and O–H groups in total. The van der Waals surface area contributed by atoms with E-state index < -0.39 is 0 Å². The van der Waals surface area contributed by atoms with E-state index in [-0.39, 0.29) is 0 Å². The van der Waals surface area contributed by atoms with E-state index in [2.05, 4.69) is 15.3 Å². The highest BCUT2D eigenvalue weighted by atomic mass is 35.5. The van der Waals surface area contributed by atoms with Crippen molar-refractivity contribution in [2.24, 2.45) is 0 Å². The van der Waals surface area contributed by atoms with E-state index in [0.717, 1.165) is 11.3 Å². The Hall–Kier alpha value is -1.32. The number of para-hydroxylation sites is 1. The van der Waals surface area contributed by atoms with Crippen LogP contribution in [0.2, 0.25) is 10.0 Å². The van der Waals surface area contributed by atoms with Crippen LogP contribution >= 0.6 is 23.2 Å². The standard InChI is InChI=1S/C11H9Cl2N3/c12-9-2-1-3-10(13)11(9)16-6-8-4-14-7-15-5-8/h1-5,7,16H,6H2. The molecule has 0 bridgehead atoms. The zero-order chi connectivity index (χ0) is 11.4. The molecular weight excluding hydrogens is 245 g/mol. The molecule has 0 aliphatic carbocycles. The first-order valence-electron chi connectivity index (χ1n) is 4.69. The average Bonchev–Trinajstić information content (AvgIpc) is 2.30. The molecule has 1 heterocycles. The third-order valence-electron chi connectivity index (χ3n) is 2.05. The summed E-state index contributed by atoms with van der Waals surface area (Å²) in [6.45, 7) is 0.588. The molecule has 0 aliphatic heterocycles. The molecule has 82 valence electrons. The summed E-state index contributed by atoms with van der Waals surface area (Å²) in [5, 5.41) is 4.36. The molecule has 16 heavy (non-hydrogen) atoms. The average molecular weight is 254 g/mol. The maximum absolute atomic E-state index is 6.02. The Kier molecular flexibility index (Phi) is 3.59. The molecule has 2 aromatic rings. The van der Waals surface area contributed by atoms with Crippen molar-refractivity contribution in [3.05, 3.63) is 52.5 Å². The molecule has 0 aliphatic rings. The quantitative estimate of drug-likeness (QED) is 0.912. The number of hydrogen-bond donors (Lipinski definition) is 1. The van der Waals surface area contributed by atoms with Gasteiger partial charge in [-0.1, -0.05) is 29.3 Å². The molecule has 0 amide bonds.